The first-order valence-electron chi connectivity index (χ1n) is 7.19. The normalized spacial score (nSPS) is 14.1. The van der Waals surface area contributed by atoms with Crippen LogP contribution in [0.25, 0.3) is 0 Å². The Morgan fingerprint density at radius 3 is 2.40 bits per heavy atom. The van der Waals surface area contributed by atoms with Gasteiger partial charge in [-0.1, -0.05) is 37.3 Å². The van der Waals surface area contributed by atoms with E-state index >= 15 is 0 Å². The number of hydrogen-bond donors (Lipinski definition) is 1. The van der Waals surface area contributed by atoms with E-state index in [0.29, 0.717) is 13.2 Å². The fraction of sp³-hybridized carbons (Fsp3) is 0.562. The average Bonchev–Trinajstić information content (AvgIpc) is 2.44. The van der Waals surface area contributed by atoms with Gasteiger partial charge in [-0.2, -0.15) is 0 Å². The highest BCUT2D eigenvalue weighted by Crippen LogP contribution is 2.24. The van der Waals surface area contributed by atoms with E-state index in [1.165, 1.54) is 0 Å². The molecule has 1 rings (SSSR count). The highest BCUT2D eigenvalue weighted by molar-refractivity contribution is 5.83. The molecular weight excluding hydrogens is 252 g/mol. The maximum Gasteiger partial charge on any atom is 0.332 e. The van der Waals surface area contributed by atoms with Crippen LogP contribution in [0.2, 0.25) is 0 Å². The minimum Gasteiger partial charge on any atom is -0.464 e. The van der Waals surface area contributed by atoms with Gasteiger partial charge in [-0.05, 0) is 39.5 Å². The van der Waals surface area contributed by atoms with Gasteiger partial charge >= 0.3 is 5.97 Å². The zero-order valence-corrected chi connectivity index (χ0v) is 13.0. The molecule has 1 N–H and O–H groups in total. The average molecular weight is 278 g/mol. The number of nitrogens with one attached hydrogen (secondary N) is 1. The van der Waals surface area contributed by atoms with Crippen molar-refractivity contribution in [1.82, 2.24) is 10.2 Å². The molecule has 0 fully saturated rings. The lowest BCUT2D eigenvalue weighted by Crippen LogP contribution is -2.56. The molecular formula is C16H26N2O2. The zero-order chi connectivity index (χ0) is 15.0. The zero-order valence-electron chi connectivity index (χ0n) is 13.0. The molecule has 0 radical (unpaired) electrons. The molecule has 4 nitrogen and oxygen atoms in total. The summed E-state index contributed by atoms with van der Waals surface area (Å²) in [5, 5.41) is 3.40. The Morgan fingerprint density at radius 1 is 1.25 bits per heavy atom. The second kappa shape index (κ2) is 8.02. The van der Waals surface area contributed by atoms with E-state index in [-0.39, 0.29) is 5.97 Å². The third-order valence-corrected chi connectivity index (χ3v) is 3.12. The summed E-state index contributed by atoms with van der Waals surface area (Å²) in [5.41, 5.74) is 0.136. The van der Waals surface area contributed by atoms with E-state index in [2.05, 4.69) is 12.2 Å². The van der Waals surface area contributed by atoms with Crippen LogP contribution in [0.1, 0.15) is 25.8 Å². The van der Waals surface area contributed by atoms with Crippen LogP contribution in [0.3, 0.4) is 0 Å². The smallest absolute Gasteiger partial charge is 0.332 e. The van der Waals surface area contributed by atoms with Gasteiger partial charge in [0.2, 0.25) is 0 Å². The first-order chi connectivity index (χ1) is 9.56. The third kappa shape index (κ3) is 4.05. The number of carbonyl (C=O) groups is 1. The molecule has 0 saturated carbocycles. The van der Waals surface area contributed by atoms with Crippen LogP contribution in [0.4, 0.5) is 0 Å². The number of rotatable bonds is 8. The lowest BCUT2D eigenvalue weighted by atomic mass is 9.89. The molecule has 0 saturated heterocycles. The summed E-state index contributed by atoms with van der Waals surface area (Å²) < 4.78 is 5.33. The molecule has 0 aromatic heterocycles. The van der Waals surface area contributed by atoms with Crippen LogP contribution < -0.4 is 5.32 Å². The molecule has 1 aromatic rings. The van der Waals surface area contributed by atoms with E-state index in [1.54, 1.807) is 0 Å². The van der Waals surface area contributed by atoms with E-state index in [9.17, 15) is 4.79 Å². The monoisotopic (exact) mass is 278 g/mol. The minimum atomic E-state index is -0.809. The standard InChI is InChI=1S/C16H26N2O2/c1-5-12-17-16(13-18(3)4,15(19)20-6-2)14-10-8-7-9-11-14/h7-11,17H,5-6,12-13H2,1-4H3. The summed E-state index contributed by atoms with van der Waals surface area (Å²) in [6.45, 7) is 5.64. The molecule has 0 amide bonds. The largest absolute Gasteiger partial charge is 0.464 e. The molecule has 20 heavy (non-hydrogen) atoms. The van der Waals surface area contributed by atoms with Gasteiger partial charge in [-0.25, -0.2) is 4.79 Å². The maximum absolute atomic E-state index is 12.6. The molecule has 0 spiro atoms. The molecule has 1 aromatic carbocycles. The summed E-state index contributed by atoms with van der Waals surface area (Å²) in [6.07, 6.45) is 0.960. The van der Waals surface area contributed by atoms with Crippen molar-refractivity contribution in [1.29, 1.82) is 0 Å². The highest BCUT2D eigenvalue weighted by Gasteiger charge is 2.41. The fourth-order valence-electron chi connectivity index (χ4n) is 2.29. The van der Waals surface area contributed by atoms with Gasteiger partial charge in [0.05, 0.1) is 6.61 Å². The van der Waals surface area contributed by atoms with Gasteiger partial charge in [0.15, 0.2) is 5.54 Å². The Morgan fingerprint density at radius 2 is 1.90 bits per heavy atom. The quantitative estimate of drug-likeness (QED) is 0.739. The number of esters is 1. The SMILES string of the molecule is CCCNC(CN(C)C)(C(=O)OCC)c1ccccc1. The van der Waals surface area contributed by atoms with Gasteiger partial charge in [0, 0.05) is 6.54 Å². The van der Waals surface area contributed by atoms with E-state index in [4.69, 9.17) is 4.74 Å². The first kappa shape index (κ1) is 16.7. The van der Waals surface area contributed by atoms with E-state index < -0.39 is 5.54 Å². The van der Waals surface area contributed by atoms with Crippen molar-refractivity contribution < 1.29 is 9.53 Å². The molecule has 0 aliphatic rings. The van der Waals surface area contributed by atoms with Crippen LogP contribution in [-0.4, -0.2) is 44.7 Å². The summed E-state index contributed by atoms with van der Waals surface area (Å²) >= 11 is 0. The highest BCUT2D eigenvalue weighted by atomic mass is 16.5. The van der Waals surface area contributed by atoms with Gasteiger partial charge in [-0.15, -0.1) is 0 Å². The van der Waals surface area contributed by atoms with Crippen molar-refractivity contribution in [2.45, 2.75) is 25.8 Å². The number of carbonyl (C=O) groups excluding carboxylic acids is 1. The van der Waals surface area contributed by atoms with Gasteiger partial charge in [-0.3, -0.25) is 5.32 Å². The van der Waals surface area contributed by atoms with Gasteiger partial charge < -0.3 is 9.64 Å². The maximum atomic E-state index is 12.6. The lowest BCUT2D eigenvalue weighted by molar-refractivity contribution is -0.152. The molecule has 1 atom stereocenters. The lowest BCUT2D eigenvalue weighted by Gasteiger charge is -2.35. The van der Waals surface area contributed by atoms with E-state index in [0.717, 1.165) is 18.5 Å². The fourth-order valence-corrected chi connectivity index (χ4v) is 2.29. The van der Waals surface area contributed by atoms with Crippen LogP contribution in [0.15, 0.2) is 30.3 Å². The molecule has 112 valence electrons. The van der Waals surface area contributed by atoms with Crippen molar-refractivity contribution in [2.75, 3.05) is 33.8 Å². The predicted octanol–water partition coefficient (Wildman–Crippen LogP) is 2.01. The van der Waals surface area contributed by atoms with E-state index in [1.807, 2.05) is 56.3 Å². The summed E-state index contributed by atoms with van der Waals surface area (Å²) in [7, 11) is 3.93. The van der Waals surface area contributed by atoms with Crippen LogP contribution in [0.5, 0.6) is 0 Å². The van der Waals surface area contributed by atoms with Crippen LogP contribution in [0, 0.1) is 0 Å². The molecule has 4 heteroatoms. The van der Waals surface area contributed by atoms with Crippen molar-refractivity contribution in [3.05, 3.63) is 35.9 Å². The number of benzene rings is 1. The van der Waals surface area contributed by atoms with Crippen molar-refractivity contribution in [3.63, 3.8) is 0 Å². The molecule has 0 aliphatic carbocycles. The van der Waals surface area contributed by atoms with Gasteiger partial charge in [0.1, 0.15) is 0 Å². The summed E-state index contributed by atoms with van der Waals surface area (Å²) in [4.78, 5) is 14.6. The first-order valence-corrected chi connectivity index (χ1v) is 7.19. The van der Waals surface area contributed by atoms with Crippen molar-refractivity contribution >= 4 is 5.97 Å². The Bertz CT molecular complexity index is 406. The van der Waals surface area contributed by atoms with Crippen LogP contribution >= 0.6 is 0 Å². The second-order valence-electron chi connectivity index (χ2n) is 5.16. The van der Waals surface area contributed by atoms with Crippen LogP contribution in [-0.2, 0) is 15.1 Å². The third-order valence-electron chi connectivity index (χ3n) is 3.12. The Balaban J connectivity index is 3.21. The summed E-state index contributed by atoms with van der Waals surface area (Å²) in [5.74, 6) is -0.214. The Labute approximate surface area is 122 Å². The number of likely N-dealkylation sites (N-methyl/N-ethyl adjacent to an activating group) is 1. The number of ether oxygens (including phenoxy) is 1. The van der Waals surface area contributed by atoms with Crippen molar-refractivity contribution in [2.24, 2.45) is 0 Å². The number of nitrogens with zero attached hydrogens (tertiary/aromatic N) is 1. The van der Waals surface area contributed by atoms with Crippen molar-refractivity contribution in [3.8, 4) is 0 Å². The van der Waals surface area contributed by atoms with Gasteiger partial charge in [0.25, 0.3) is 0 Å². The molecule has 0 bridgehead atoms. The Kier molecular flexibility index (Phi) is 6.68. The topological polar surface area (TPSA) is 41.6 Å². The summed E-state index contributed by atoms with van der Waals surface area (Å²) in [6, 6.07) is 9.81. The molecule has 0 aliphatic heterocycles. The molecule has 1 unspecified atom stereocenters. The predicted molar refractivity (Wildman–Crippen MR) is 81.6 cm³/mol. The number of hydrogen-bond acceptors (Lipinski definition) is 4. The second-order valence-corrected chi connectivity index (χ2v) is 5.16. The minimum absolute atomic E-state index is 0.214. The Hall–Kier alpha value is -1.39. The molecule has 0 heterocycles.